The van der Waals surface area contributed by atoms with E-state index in [9.17, 15) is 14.7 Å². The van der Waals surface area contributed by atoms with Crippen LogP contribution in [0.2, 0.25) is 18.1 Å². The number of aliphatic carboxylic acids is 1. The fraction of sp³-hybridized carbons (Fsp3) is 0.882. The van der Waals surface area contributed by atoms with Gasteiger partial charge in [0.1, 0.15) is 11.0 Å². The summed E-state index contributed by atoms with van der Waals surface area (Å²) in [7, 11) is -2.16. The summed E-state index contributed by atoms with van der Waals surface area (Å²) in [6.45, 7) is 17.9. The van der Waals surface area contributed by atoms with Crippen molar-refractivity contribution in [3.05, 3.63) is 0 Å². The number of likely N-dealkylation sites (tertiary alicyclic amines) is 1. The van der Waals surface area contributed by atoms with Crippen LogP contribution < -0.4 is 0 Å². The van der Waals surface area contributed by atoms with Gasteiger partial charge in [-0.2, -0.15) is 0 Å². The van der Waals surface area contributed by atoms with Crippen molar-refractivity contribution < 1.29 is 23.9 Å². The highest BCUT2D eigenvalue weighted by Crippen LogP contribution is 2.42. The van der Waals surface area contributed by atoms with E-state index < -0.39 is 37.5 Å². The lowest BCUT2D eigenvalue weighted by atomic mass is 9.87. The number of hydrogen-bond acceptors (Lipinski definition) is 4. The largest absolute Gasteiger partial charge is 0.481 e. The highest BCUT2D eigenvalue weighted by atomic mass is 28.4. The molecule has 1 fully saturated rings. The van der Waals surface area contributed by atoms with Gasteiger partial charge >= 0.3 is 12.1 Å². The first-order valence-corrected chi connectivity index (χ1v) is 11.3. The van der Waals surface area contributed by atoms with E-state index in [0.717, 1.165) is 0 Å². The molecule has 1 heterocycles. The van der Waals surface area contributed by atoms with E-state index in [0.29, 0.717) is 0 Å². The smallest absolute Gasteiger partial charge is 0.410 e. The second kappa shape index (κ2) is 6.33. The van der Waals surface area contributed by atoms with Crippen molar-refractivity contribution in [1.29, 1.82) is 0 Å². The molecule has 7 heteroatoms. The molecule has 0 aliphatic carbocycles. The molecule has 0 aromatic rings. The molecule has 2 atom stereocenters. The van der Waals surface area contributed by atoms with Gasteiger partial charge in [0.25, 0.3) is 0 Å². The summed E-state index contributed by atoms with van der Waals surface area (Å²) in [6.07, 6.45) is -1.03. The first-order chi connectivity index (χ1) is 10.5. The van der Waals surface area contributed by atoms with Crippen LogP contribution in [0.4, 0.5) is 4.79 Å². The SMILES string of the molecule is CC(C)(C)OC(=O)N1CC(O[Si](C)(C)C(C)(C)C)C(C)(C(=O)O)C1. The van der Waals surface area contributed by atoms with Crippen molar-refractivity contribution in [3.8, 4) is 0 Å². The first kappa shape index (κ1) is 21.0. The molecule has 1 aliphatic rings. The van der Waals surface area contributed by atoms with Gasteiger partial charge in [-0.1, -0.05) is 20.8 Å². The molecule has 0 radical (unpaired) electrons. The van der Waals surface area contributed by atoms with Crippen LogP contribution in [-0.4, -0.2) is 55.2 Å². The predicted molar refractivity (Wildman–Crippen MR) is 95.6 cm³/mol. The standard InChI is InChI=1S/C17H33NO5Si/c1-15(2,3)22-14(21)18-10-12(17(7,11-18)13(19)20)23-24(8,9)16(4,5)6/h12H,10-11H2,1-9H3,(H,19,20). The maximum Gasteiger partial charge on any atom is 0.410 e. The Kier molecular flexibility index (Phi) is 5.53. The van der Waals surface area contributed by atoms with E-state index in [-0.39, 0.29) is 18.1 Å². The third-order valence-corrected chi connectivity index (χ3v) is 9.49. The van der Waals surface area contributed by atoms with Gasteiger partial charge in [0.15, 0.2) is 8.32 Å². The Hall–Kier alpha value is -1.08. The van der Waals surface area contributed by atoms with Crippen LogP contribution in [0.25, 0.3) is 0 Å². The van der Waals surface area contributed by atoms with Gasteiger partial charge in [0.2, 0.25) is 0 Å². The highest BCUT2D eigenvalue weighted by Gasteiger charge is 2.54. The predicted octanol–water partition coefficient (Wildman–Crippen LogP) is 3.72. The Labute approximate surface area is 146 Å². The van der Waals surface area contributed by atoms with Gasteiger partial charge in [-0.05, 0) is 45.8 Å². The summed E-state index contributed by atoms with van der Waals surface area (Å²) < 4.78 is 11.7. The molecule has 6 nitrogen and oxygen atoms in total. The minimum atomic E-state index is -2.16. The van der Waals surface area contributed by atoms with Gasteiger partial charge in [0.05, 0.1) is 12.6 Å². The third-order valence-electron chi connectivity index (χ3n) is 5.00. The van der Waals surface area contributed by atoms with Gasteiger partial charge in [0, 0.05) is 6.54 Å². The molecule has 140 valence electrons. The van der Waals surface area contributed by atoms with Gasteiger partial charge < -0.3 is 19.2 Å². The van der Waals surface area contributed by atoms with Crippen molar-refractivity contribution in [2.45, 2.75) is 78.3 Å². The van der Waals surface area contributed by atoms with Crippen LogP contribution >= 0.6 is 0 Å². The summed E-state index contributed by atoms with van der Waals surface area (Å²) >= 11 is 0. The quantitative estimate of drug-likeness (QED) is 0.777. The normalized spacial score (nSPS) is 25.7. The second-order valence-corrected chi connectivity index (χ2v) is 14.2. The highest BCUT2D eigenvalue weighted by molar-refractivity contribution is 6.74. The average Bonchev–Trinajstić information content (AvgIpc) is 2.64. The Balaban J connectivity index is 3.03. The Morgan fingerprint density at radius 1 is 1.17 bits per heavy atom. The number of nitrogens with zero attached hydrogens (tertiary/aromatic N) is 1. The van der Waals surface area contributed by atoms with Crippen molar-refractivity contribution in [2.75, 3.05) is 13.1 Å². The minimum Gasteiger partial charge on any atom is -0.481 e. The van der Waals surface area contributed by atoms with Crippen molar-refractivity contribution in [1.82, 2.24) is 4.90 Å². The topological polar surface area (TPSA) is 76.1 Å². The molecule has 0 aromatic carbocycles. The lowest BCUT2D eigenvalue weighted by molar-refractivity contribution is -0.151. The zero-order valence-corrected chi connectivity index (χ0v) is 17.5. The van der Waals surface area contributed by atoms with Crippen molar-refractivity contribution in [2.24, 2.45) is 5.41 Å². The number of hydrogen-bond donors (Lipinski definition) is 1. The molecule has 0 bridgehead atoms. The Morgan fingerprint density at radius 3 is 2.04 bits per heavy atom. The minimum absolute atomic E-state index is 0.0360. The van der Waals surface area contributed by atoms with E-state index in [2.05, 4.69) is 33.9 Å². The van der Waals surface area contributed by atoms with Crippen LogP contribution in [0.5, 0.6) is 0 Å². The van der Waals surface area contributed by atoms with Crippen LogP contribution in [0, 0.1) is 5.41 Å². The zero-order chi connectivity index (χ0) is 19.1. The third kappa shape index (κ3) is 4.50. The monoisotopic (exact) mass is 359 g/mol. The number of carbonyl (C=O) groups excluding carboxylic acids is 1. The molecular weight excluding hydrogens is 326 g/mol. The lowest BCUT2D eigenvalue weighted by Gasteiger charge is -2.40. The Morgan fingerprint density at radius 2 is 1.67 bits per heavy atom. The van der Waals surface area contributed by atoms with Crippen LogP contribution in [-0.2, 0) is 14.0 Å². The summed E-state index contributed by atoms with van der Waals surface area (Å²) in [5.41, 5.74) is -1.75. The zero-order valence-electron chi connectivity index (χ0n) is 16.5. The van der Waals surface area contributed by atoms with E-state index >= 15 is 0 Å². The molecule has 0 saturated carbocycles. The molecule has 1 amide bonds. The summed E-state index contributed by atoms with van der Waals surface area (Å²) in [5.74, 6) is -0.947. The van der Waals surface area contributed by atoms with Crippen LogP contribution in [0.1, 0.15) is 48.5 Å². The number of carbonyl (C=O) groups is 2. The van der Waals surface area contributed by atoms with Crippen LogP contribution in [0.15, 0.2) is 0 Å². The first-order valence-electron chi connectivity index (χ1n) is 8.39. The number of ether oxygens (including phenoxy) is 1. The van der Waals surface area contributed by atoms with E-state index in [1.54, 1.807) is 27.7 Å². The van der Waals surface area contributed by atoms with Crippen molar-refractivity contribution >= 4 is 20.4 Å². The lowest BCUT2D eigenvalue weighted by Crippen LogP contribution is -2.50. The number of carboxylic acid groups (broad SMARTS) is 1. The molecule has 0 aromatic heterocycles. The molecule has 1 N–H and O–H groups in total. The Bertz CT molecular complexity index is 506. The van der Waals surface area contributed by atoms with E-state index in [4.69, 9.17) is 9.16 Å². The number of carboxylic acids is 1. The van der Waals surface area contributed by atoms with Gasteiger partial charge in [-0.15, -0.1) is 0 Å². The molecule has 1 rings (SSSR count). The second-order valence-electron chi connectivity index (χ2n) is 9.45. The summed E-state index contributed by atoms with van der Waals surface area (Å²) in [5, 5.41) is 9.70. The molecule has 24 heavy (non-hydrogen) atoms. The van der Waals surface area contributed by atoms with Gasteiger partial charge in [-0.3, -0.25) is 4.79 Å². The fourth-order valence-corrected chi connectivity index (χ4v) is 3.73. The molecule has 1 saturated heterocycles. The molecule has 2 unspecified atom stereocenters. The maximum absolute atomic E-state index is 12.3. The number of rotatable bonds is 3. The van der Waals surface area contributed by atoms with E-state index in [1.165, 1.54) is 4.90 Å². The van der Waals surface area contributed by atoms with Gasteiger partial charge in [-0.25, -0.2) is 4.79 Å². The number of amides is 1. The average molecular weight is 360 g/mol. The van der Waals surface area contributed by atoms with Crippen LogP contribution in [0.3, 0.4) is 0 Å². The van der Waals surface area contributed by atoms with Crippen molar-refractivity contribution in [3.63, 3.8) is 0 Å². The summed E-state index contributed by atoms with van der Waals surface area (Å²) in [6, 6.07) is 0. The fourth-order valence-electron chi connectivity index (χ4n) is 2.34. The van der Waals surface area contributed by atoms with E-state index in [1.807, 2.05) is 0 Å². The molecule has 0 spiro atoms. The summed E-state index contributed by atoms with van der Waals surface area (Å²) in [4.78, 5) is 25.7. The molecular formula is C17H33NO5Si. The maximum atomic E-state index is 12.3. The molecule has 1 aliphatic heterocycles.